The van der Waals surface area contributed by atoms with Crippen LogP contribution in [0.25, 0.3) is 11.0 Å². The number of hydrogen-bond donors (Lipinski definition) is 1. The van der Waals surface area contributed by atoms with Gasteiger partial charge in [-0.25, -0.2) is 4.98 Å². The molecule has 0 saturated carbocycles. The SMILES string of the molecule is CCOc1cc(Cc2c[nH]c3ncccc23)ccc1OC. The third-order valence-electron chi connectivity index (χ3n) is 3.46. The molecule has 108 valence electrons. The number of rotatable bonds is 5. The van der Waals surface area contributed by atoms with E-state index >= 15 is 0 Å². The molecule has 0 aliphatic heterocycles. The molecule has 0 fully saturated rings. The van der Waals surface area contributed by atoms with Gasteiger partial charge in [0.25, 0.3) is 0 Å². The van der Waals surface area contributed by atoms with Crippen molar-refractivity contribution in [3.63, 3.8) is 0 Å². The van der Waals surface area contributed by atoms with Crippen molar-refractivity contribution in [3.05, 3.63) is 53.9 Å². The molecule has 4 nitrogen and oxygen atoms in total. The second-order valence-corrected chi connectivity index (χ2v) is 4.81. The summed E-state index contributed by atoms with van der Waals surface area (Å²) in [6.45, 7) is 2.59. The molecule has 0 aliphatic carbocycles. The van der Waals surface area contributed by atoms with E-state index in [1.165, 1.54) is 11.1 Å². The molecule has 3 aromatic rings. The number of methoxy groups -OCH3 is 1. The van der Waals surface area contributed by atoms with Gasteiger partial charge < -0.3 is 14.5 Å². The Hall–Kier alpha value is -2.49. The van der Waals surface area contributed by atoms with E-state index < -0.39 is 0 Å². The van der Waals surface area contributed by atoms with Gasteiger partial charge in [-0.1, -0.05) is 6.07 Å². The van der Waals surface area contributed by atoms with Crippen molar-refractivity contribution >= 4 is 11.0 Å². The standard InChI is InChI=1S/C17H18N2O2/c1-3-21-16-10-12(6-7-15(16)20-2)9-13-11-19-17-14(13)5-4-8-18-17/h4-8,10-11H,3,9H2,1-2H3,(H,18,19). The van der Waals surface area contributed by atoms with E-state index in [1.54, 1.807) is 13.3 Å². The number of fused-ring (bicyclic) bond motifs is 1. The summed E-state index contributed by atoms with van der Waals surface area (Å²) in [4.78, 5) is 7.52. The summed E-state index contributed by atoms with van der Waals surface area (Å²) in [7, 11) is 1.66. The van der Waals surface area contributed by atoms with Crippen LogP contribution in [0.15, 0.2) is 42.7 Å². The lowest BCUT2D eigenvalue weighted by atomic mass is 10.0. The first-order chi connectivity index (χ1) is 10.3. The second kappa shape index (κ2) is 5.87. The summed E-state index contributed by atoms with van der Waals surface area (Å²) >= 11 is 0. The Balaban J connectivity index is 1.92. The third-order valence-corrected chi connectivity index (χ3v) is 3.46. The van der Waals surface area contributed by atoms with E-state index in [-0.39, 0.29) is 0 Å². The van der Waals surface area contributed by atoms with Crippen molar-refractivity contribution in [2.75, 3.05) is 13.7 Å². The molecule has 1 N–H and O–H groups in total. The van der Waals surface area contributed by atoms with Crippen LogP contribution in [-0.2, 0) is 6.42 Å². The first-order valence-corrected chi connectivity index (χ1v) is 7.02. The summed E-state index contributed by atoms with van der Waals surface area (Å²) in [5.74, 6) is 1.55. The van der Waals surface area contributed by atoms with Crippen molar-refractivity contribution in [1.82, 2.24) is 9.97 Å². The van der Waals surface area contributed by atoms with Crippen molar-refractivity contribution in [1.29, 1.82) is 0 Å². The van der Waals surface area contributed by atoms with Crippen LogP contribution in [0.1, 0.15) is 18.1 Å². The molecule has 2 heterocycles. The first-order valence-electron chi connectivity index (χ1n) is 7.02. The Labute approximate surface area is 123 Å². The van der Waals surface area contributed by atoms with Gasteiger partial charge in [0.1, 0.15) is 5.65 Å². The average molecular weight is 282 g/mol. The highest BCUT2D eigenvalue weighted by Gasteiger charge is 2.08. The van der Waals surface area contributed by atoms with Crippen LogP contribution in [0.4, 0.5) is 0 Å². The summed E-state index contributed by atoms with van der Waals surface area (Å²) in [5.41, 5.74) is 3.33. The van der Waals surface area contributed by atoms with Crippen LogP contribution in [0, 0.1) is 0 Å². The van der Waals surface area contributed by atoms with Crippen molar-refractivity contribution in [2.24, 2.45) is 0 Å². The van der Waals surface area contributed by atoms with E-state index in [4.69, 9.17) is 9.47 Å². The van der Waals surface area contributed by atoms with Crippen LogP contribution < -0.4 is 9.47 Å². The molecule has 4 heteroatoms. The number of hydrogen-bond acceptors (Lipinski definition) is 3. The molecule has 0 bridgehead atoms. The van der Waals surface area contributed by atoms with Crippen LogP contribution in [0.2, 0.25) is 0 Å². The lowest BCUT2D eigenvalue weighted by Crippen LogP contribution is -1.97. The Kier molecular flexibility index (Phi) is 3.77. The molecule has 1 aromatic carbocycles. The highest BCUT2D eigenvalue weighted by Crippen LogP contribution is 2.29. The van der Waals surface area contributed by atoms with Gasteiger partial charge in [0.2, 0.25) is 0 Å². The molecule has 3 rings (SSSR count). The summed E-state index contributed by atoms with van der Waals surface area (Å²) < 4.78 is 10.9. The fourth-order valence-electron chi connectivity index (χ4n) is 2.48. The number of ether oxygens (including phenoxy) is 2. The second-order valence-electron chi connectivity index (χ2n) is 4.81. The molecular formula is C17H18N2O2. The predicted molar refractivity (Wildman–Crippen MR) is 83.1 cm³/mol. The Morgan fingerprint density at radius 2 is 2.10 bits per heavy atom. The lowest BCUT2D eigenvalue weighted by Gasteiger charge is -2.11. The fraction of sp³-hybridized carbons (Fsp3) is 0.235. The monoisotopic (exact) mass is 282 g/mol. The largest absolute Gasteiger partial charge is 0.493 e. The van der Waals surface area contributed by atoms with Gasteiger partial charge in [-0.15, -0.1) is 0 Å². The lowest BCUT2D eigenvalue weighted by molar-refractivity contribution is 0.310. The molecule has 0 radical (unpaired) electrons. The first kappa shape index (κ1) is 13.5. The van der Waals surface area contributed by atoms with Crippen molar-refractivity contribution in [3.8, 4) is 11.5 Å². The minimum Gasteiger partial charge on any atom is -0.493 e. The van der Waals surface area contributed by atoms with Crippen LogP contribution in [-0.4, -0.2) is 23.7 Å². The van der Waals surface area contributed by atoms with Gasteiger partial charge in [-0.3, -0.25) is 0 Å². The van der Waals surface area contributed by atoms with Gasteiger partial charge >= 0.3 is 0 Å². The maximum absolute atomic E-state index is 5.63. The number of H-pyrrole nitrogens is 1. The molecule has 0 amide bonds. The Morgan fingerprint density at radius 3 is 2.90 bits per heavy atom. The maximum Gasteiger partial charge on any atom is 0.161 e. The minimum atomic E-state index is 0.622. The zero-order valence-corrected chi connectivity index (χ0v) is 12.2. The highest BCUT2D eigenvalue weighted by molar-refractivity contribution is 5.79. The molecule has 0 atom stereocenters. The van der Waals surface area contributed by atoms with E-state index in [9.17, 15) is 0 Å². The molecule has 2 aromatic heterocycles. The molecule has 0 aliphatic rings. The fourth-order valence-corrected chi connectivity index (χ4v) is 2.48. The molecule has 0 saturated heterocycles. The number of aromatic nitrogens is 2. The smallest absolute Gasteiger partial charge is 0.161 e. The normalized spacial score (nSPS) is 10.8. The number of pyridine rings is 1. The third kappa shape index (κ3) is 2.70. The molecule has 21 heavy (non-hydrogen) atoms. The summed E-state index contributed by atoms with van der Waals surface area (Å²) in [5, 5.41) is 1.16. The number of nitrogens with one attached hydrogen (secondary N) is 1. The van der Waals surface area contributed by atoms with E-state index in [1.807, 2.05) is 31.3 Å². The van der Waals surface area contributed by atoms with Gasteiger partial charge in [0.05, 0.1) is 13.7 Å². The summed E-state index contributed by atoms with van der Waals surface area (Å²) in [6.07, 6.45) is 4.64. The maximum atomic E-state index is 5.63. The topological polar surface area (TPSA) is 47.1 Å². The zero-order chi connectivity index (χ0) is 14.7. The number of aromatic amines is 1. The molecule has 0 spiro atoms. The minimum absolute atomic E-state index is 0.622. The zero-order valence-electron chi connectivity index (χ0n) is 12.2. The van der Waals surface area contributed by atoms with Crippen LogP contribution in [0.3, 0.4) is 0 Å². The van der Waals surface area contributed by atoms with Crippen molar-refractivity contribution in [2.45, 2.75) is 13.3 Å². The predicted octanol–water partition coefficient (Wildman–Crippen LogP) is 3.56. The van der Waals surface area contributed by atoms with Crippen LogP contribution >= 0.6 is 0 Å². The molecular weight excluding hydrogens is 264 g/mol. The quantitative estimate of drug-likeness (QED) is 0.778. The van der Waals surface area contributed by atoms with Gasteiger partial charge in [-0.05, 0) is 48.7 Å². The number of nitrogens with zero attached hydrogens (tertiary/aromatic N) is 1. The number of benzene rings is 1. The van der Waals surface area contributed by atoms with Crippen LogP contribution in [0.5, 0.6) is 11.5 Å². The van der Waals surface area contributed by atoms with E-state index in [2.05, 4.69) is 22.1 Å². The highest BCUT2D eigenvalue weighted by atomic mass is 16.5. The van der Waals surface area contributed by atoms with E-state index in [0.29, 0.717) is 6.61 Å². The van der Waals surface area contributed by atoms with Gasteiger partial charge in [0.15, 0.2) is 11.5 Å². The molecule has 0 unspecified atom stereocenters. The van der Waals surface area contributed by atoms with Gasteiger partial charge in [-0.2, -0.15) is 0 Å². The average Bonchev–Trinajstić information content (AvgIpc) is 2.91. The Morgan fingerprint density at radius 1 is 1.19 bits per heavy atom. The van der Waals surface area contributed by atoms with Gasteiger partial charge in [0, 0.05) is 17.8 Å². The van der Waals surface area contributed by atoms with E-state index in [0.717, 1.165) is 29.0 Å². The Bertz CT molecular complexity index is 749. The summed E-state index contributed by atoms with van der Waals surface area (Å²) in [6, 6.07) is 10.1. The van der Waals surface area contributed by atoms with Crippen molar-refractivity contribution < 1.29 is 9.47 Å².